The average molecular weight is 547 g/mol. The van der Waals surface area contributed by atoms with Crippen LogP contribution in [0.15, 0.2) is 71.8 Å². The van der Waals surface area contributed by atoms with E-state index in [1.807, 2.05) is 62.4 Å². The quantitative estimate of drug-likeness (QED) is 0.294. The van der Waals surface area contributed by atoms with Crippen LogP contribution in [-0.2, 0) is 32.3 Å². The number of carbonyl (C=O) groups is 4. The van der Waals surface area contributed by atoms with Gasteiger partial charge in [0.15, 0.2) is 0 Å². The lowest BCUT2D eigenvalue weighted by Crippen LogP contribution is -2.44. The van der Waals surface area contributed by atoms with Gasteiger partial charge in [0.25, 0.3) is 5.91 Å². The molecule has 1 atom stereocenters. The zero-order valence-corrected chi connectivity index (χ0v) is 22.7. The Morgan fingerprint density at radius 1 is 0.925 bits per heavy atom. The molecule has 4 rings (SSSR count). The van der Waals surface area contributed by atoms with Crippen molar-refractivity contribution in [1.82, 2.24) is 20.3 Å². The van der Waals surface area contributed by atoms with Crippen molar-refractivity contribution in [3.63, 3.8) is 0 Å². The number of benzene rings is 2. The molecule has 3 N–H and O–H groups in total. The smallest absolute Gasteiger partial charge is 0.252 e. The summed E-state index contributed by atoms with van der Waals surface area (Å²) in [6, 6.07) is 14.3. The minimum Gasteiger partial charge on any atom is -0.331 e. The number of aryl methyl sites for hydroxylation is 2. The van der Waals surface area contributed by atoms with Crippen molar-refractivity contribution in [2.75, 3.05) is 13.1 Å². The van der Waals surface area contributed by atoms with Crippen LogP contribution in [0.3, 0.4) is 0 Å². The summed E-state index contributed by atoms with van der Waals surface area (Å²) in [4.78, 5) is 54.3. The number of hydrogen-bond donors (Lipinski definition) is 3. The van der Waals surface area contributed by atoms with Crippen LogP contribution in [0.5, 0.6) is 0 Å². The molecule has 2 aliphatic rings. The van der Waals surface area contributed by atoms with Crippen molar-refractivity contribution >= 4 is 23.6 Å². The molecule has 0 saturated carbocycles. The zero-order valence-electron chi connectivity index (χ0n) is 22.7. The fraction of sp³-hybridized carbons (Fsp3) is 0.333. The second kappa shape index (κ2) is 12.7. The molecular formula is C30H34N4O6. The predicted molar refractivity (Wildman–Crippen MR) is 146 cm³/mol. The topological polar surface area (TPSA) is 130 Å². The van der Waals surface area contributed by atoms with Crippen molar-refractivity contribution < 1.29 is 29.6 Å². The fourth-order valence-electron chi connectivity index (χ4n) is 5.06. The monoisotopic (exact) mass is 546 g/mol. The summed E-state index contributed by atoms with van der Waals surface area (Å²) in [5.74, 6) is -2.18. The van der Waals surface area contributed by atoms with Crippen molar-refractivity contribution in [1.29, 1.82) is 0 Å². The second-order valence-corrected chi connectivity index (χ2v) is 10.2. The van der Waals surface area contributed by atoms with Gasteiger partial charge in [0.05, 0.1) is 12.5 Å². The standard InChI is InChI=1S/C30H34N4O6/c1-20-5-3-7-22(15-20)18-32-13-11-24(29(32)37)9-10-28(36)34(40)26(17-27(35)31-39)25-12-14-33(30(25)38)19-23-8-4-6-21(2)16-23/h3-8,11-12,15-16,26,39-40H,9-10,13-14,17-19H2,1-2H3,(H,31,35). The third kappa shape index (κ3) is 6.83. The summed E-state index contributed by atoms with van der Waals surface area (Å²) < 4.78 is 0. The molecule has 0 radical (unpaired) electrons. The predicted octanol–water partition coefficient (Wildman–Crippen LogP) is 2.80. The summed E-state index contributed by atoms with van der Waals surface area (Å²) in [6.45, 7) is 5.40. The summed E-state index contributed by atoms with van der Waals surface area (Å²) in [5, 5.41) is 20.3. The van der Waals surface area contributed by atoms with Crippen molar-refractivity contribution in [3.05, 3.63) is 94.1 Å². The van der Waals surface area contributed by atoms with Crippen molar-refractivity contribution in [2.24, 2.45) is 0 Å². The van der Waals surface area contributed by atoms with Gasteiger partial charge in [-0.15, -0.1) is 0 Å². The molecule has 1 unspecified atom stereocenters. The van der Waals surface area contributed by atoms with E-state index < -0.39 is 30.2 Å². The number of carbonyl (C=O) groups excluding carboxylic acids is 4. The third-order valence-electron chi connectivity index (χ3n) is 7.12. The van der Waals surface area contributed by atoms with Crippen LogP contribution >= 0.6 is 0 Å². The van der Waals surface area contributed by atoms with Crippen LogP contribution in [0.2, 0.25) is 0 Å². The number of hydrogen-bond acceptors (Lipinski definition) is 6. The van der Waals surface area contributed by atoms with Gasteiger partial charge in [0.2, 0.25) is 17.7 Å². The lowest BCUT2D eigenvalue weighted by Gasteiger charge is -2.27. The maximum Gasteiger partial charge on any atom is 0.252 e. The summed E-state index contributed by atoms with van der Waals surface area (Å²) in [6.07, 6.45) is 2.75. The van der Waals surface area contributed by atoms with E-state index in [1.165, 1.54) is 5.48 Å². The number of nitrogens with zero attached hydrogens (tertiary/aromatic N) is 3. The van der Waals surface area contributed by atoms with E-state index in [4.69, 9.17) is 5.21 Å². The molecule has 0 fully saturated rings. The normalized spacial score (nSPS) is 15.7. The molecular weight excluding hydrogens is 512 g/mol. The number of hydroxylamine groups is 3. The van der Waals surface area contributed by atoms with Crippen molar-refractivity contribution in [2.45, 2.75) is 52.2 Å². The molecule has 0 saturated heterocycles. The average Bonchev–Trinajstić information content (AvgIpc) is 3.46. The van der Waals surface area contributed by atoms with Gasteiger partial charge < -0.3 is 9.80 Å². The molecule has 2 aromatic carbocycles. The molecule has 10 nitrogen and oxygen atoms in total. The van der Waals surface area contributed by atoms with Crippen LogP contribution in [0.4, 0.5) is 0 Å². The fourth-order valence-corrected chi connectivity index (χ4v) is 5.06. The minimum absolute atomic E-state index is 0.0904. The molecule has 2 aromatic rings. The Balaban J connectivity index is 1.37. The Labute approximate surface area is 233 Å². The van der Waals surface area contributed by atoms with Crippen LogP contribution in [0.25, 0.3) is 0 Å². The van der Waals surface area contributed by atoms with E-state index in [0.717, 1.165) is 22.3 Å². The van der Waals surface area contributed by atoms with E-state index in [-0.39, 0.29) is 30.9 Å². The molecule has 2 heterocycles. The van der Waals surface area contributed by atoms with Crippen LogP contribution in [0.1, 0.15) is 41.5 Å². The van der Waals surface area contributed by atoms with Gasteiger partial charge in [-0.05, 0) is 31.4 Å². The number of amides is 4. The molecule has 0 bridgehead atoms. The highest BCUT2D eigenvalue weighted by Gasteiger charge is 2.36. The third-order valence-corrected chi connectivity index (χ3v) is 7.12. The van der Waals surface area contributed by atoms with Crippen LogP contribution in [0, 0.1) is 13.8 Å². The lowest BCUT2D eigenvalue weighted by atomic mass is 10.0. The van der Waals surface area contributed by atoms with Gasteiger partial charge in [0, 0.05) is 43.7 Å². The first kappa shape index (κ1) is 28.7. The summed E-state index contributed by atoms with van der Waals surface area (Å²) in [5.41, 5.74) is 6.15. The first-order chi connectivity index (χ1) is 19.2. The van der Waals surface area contributed by atoms with Gasteiger partial charge in [-0.25, -0.2) is 10.5 Å². The maximum absolute atomic E-state index is 13.2. The second-order valence-electron chi connectivity index (χ2n) is 10.2. The molecule has 0 spiro atoms. The van der Waals surface area contributed by atoms with Gasteiger partial charge in [-0.2, -0.15) is 0 Å². The van der Waals surface area contributed by atoms with E-state index in [1.54, 1.807) is 22.0 Å². The van der Waals surface area contributed by atoms with Gasteiger partial charge in [-0.3, -0.25) is 29.6 Å². The molecule has 210 valence electrons. The molecule has 4 amide bonds. The Kier molecular flexibility index (Phi) is 9.13. The Morgan fingerprint density at radius 3 is 2.08 bits per heavy atom. The summed E-state index contributed by atoms with van der Waals surface area (Å²) >= 11 is 0. The van der Waals surface area contributed by atoms with Crippen LogP contribution < -0.4 is 5.48 Å². The SMILES string of the molecule is Cc1cccc(CN2CC=C(CCC(=O)N(O)C(CC(=O)NO)C3=CCN(Cc4cccc(C)c4)C3=O)C2=O)c1. The zero-order chi connectivity index (χ0) is 28.8. The Hall–Kier alpha value is -4.28. The van der Waals surface area contributed by atoms with E-state index >= 15 is 0 Å². The summed E-state index contributed by atoms with van der Waals surface area (Å²) in [7, 11) is 0. The number of nitrogens with one attached hydrogen (secondary N) is 1. The van der Waals surface area contributed by atoms with Gasteiger partial charge in [0.1, 0.15) is 0 Å². The highest BCUT2D eigenvalue weighted by molar-refractivity contribution is 5.99. The molecule has 2 aliphatic heterocycles. The van der Waals surface area contributed by atoms with Crippen LogP contribution in [-0.4, -0.2) is 68.0 Å². The highest BCUT2D eigenvalue weighted by atomic mass is 16.5. The maximum atomic E-state index is 13.2. The Morgan fingerprint density at radius 2 is 1.50 bits per heavy atom. The first-order valence-electron chi connectivity index (χ1n) is 13.2. The lowest BCUT2D eigenvalue weighted by molar-refractivity contribution is -0.174. The van der Waals surface area contributed by atoms with Gasteiger partial charge in [-0.1, -0.05) is 71.8 Å². The molecule has 0 aromatic heterocycles. The largest absolute Gasteiger partial charge is 0.331 e. The minimum atomic E-state index is -1.29. The molecule has 10 heteroatoms. The van der Waals surface area contributed by atoms with E-state index in [2.05, 4.69) is 0 Å². The molecule has 40 heavy (non-hydrogen) atoms. The van der Waals surface area contributed by atoms with Crippen molar-refractivity contribution in [3.8, 4) is 0 Å². The van der Waals surface area contributed by atoms with E-state index in [0.29, 0.717) is 30.3 Å². The van der Waals surface area contributed by atoms with Gasteiger partial charge >= 0.3 is 0 Å². The molecule has 0 aliphatic carbocycles. The van der Waals surface area contributed by atoms with E-state index in [9.17, 15) is 24.4 Å². The highest BCUT2D eigenvalue weighted by Crippen LogP contribution is 2.25. The number of rotatable bonds is 11. The Bertz CT molecular complexity index is 1370. The first-order valence-corrected chi connectivity index (χ1v) is 13.2.